The van der Waals surface area contributed by atoms with Crippen LogP contribution in [0.1, 0.15) is 30.9 Å². The highest BCUT2D eigenvalue weighted by atomic mass is 79.9. The minimum atomic E-state index is -3.59. The molecule has 0 aromatic heterocycles. The van der Waals surface area contributed by atoms with Crippen molar-refractivity contribution in [1.29, 1.82) is 0 Å². The van der Waals surface area contributed by atoms with E-state index in [1.54, 1.807) is 36.2 Å². The highest BCUT2D eigenvalue weighted by Gasteiger charge is 2.30. The van der Waals surface area contributed by atoms with Crippen LogP contribution in [0.15, 0.2) is 83.3 Å². The molecule has 10 heteroatoms. The van der Waals surface area contributed by atoms with Crippen molar-refractivity contribution in [3.8, 4) is 5.75 Å². The minimum absolute atomic E-state index is 0.0713. The van der Waals surface area contributed by atoms with Crippen LogP contribution in [0.4, 0.5) is 5.69 Å². The van der Waals surface area contributed by atoms with Gasteiger partial charge >= 0.3 is 0 Å². The number of nitrogens with zero attached hydrogens (tertiary/aromatic N) is 2. The van der Waals surface area contributed by atoms with Gasteiger partial charge < -0.3 is 15.0 Å². The number of amides is 2. The normalized spacial score (nSPS) is 11.9. The summed E-state index contributed by atoms with van der Waals surface area (Å²) in [7, 11) is -2.03. The Morgan fingerprint density at radius 3 is 2.17 bits per heavy atom. The number of sulfonamides is 1. The summed E-state index contributed by atoms with van der Waals surface area (Å²) in [5, 5.41) is 2.71. The Labute approximate surface area is 245 Å². The quantitative estimate of drug-likeness (QED) is 0.277. The van der Waals surface area contributed by atoms with Crippen molar-refractivity contribution in [2.75, 3.05) is 30.8 Å². The summed E-state index contributed by atoms with van der Waals surface area (Å²) in [4.78, 5) is 28.4. The fourth-order valence-electron chi connectivity index (χ4n) is 4.39. The van der Waals surface area contributed by atoms with Crippen molar-refractivity contribution >= 4 is 43.5 Å². The van der Waals surface area contributed by atoms with Gasteiger partial charge in [-0.3, -0.25) is 13.9 Å². The van der Waals surface area contributed by atoms with E-state index in [0.717, 1.165) is 21.9 Å². The maximum Gasteiger partial charge on any atom is 0.242 e. The predicted octanol–water partition coefficient (Wildman–Crippen LogP) is 4.78. The zero-order chi connectivity index (χ0) is 29.1. The van der Waals surface area contributed by atoms with Crippen LogP contribution in [0.2, 0.25) is 0 Å². The molecule has 0 aliphatic heterocycles. The number of hydrogen-bond acceptors (Lipinski definition) is 5. The number of hydrogen-bond donors (Lipinski definition) is 1. The van der Waals surface area contributed by atoms with Gasteiger partial charge in [0.1, 0.15) is 11.8 Å². The van der Waals surface area contributed by atoms with Gasteiger partial charge in [-0.25, -0.2) is 8.42 Å². The van der Waals surface area contributed by atoms with Gasteiger partial charge in [-0.15, -0.1) is 0 Å². The highest BCUT2D eigenvalue weighted by Crippen LogP contribution is 2.23. The molecule has 0 spiro atoms. The molecule has 3 rings (SSSR count). The van der Waals surface area contributed by atoms with Gasteiger partial charge in [0.05, 0.1) is 18.6 Å². The third-order valence-electron chi connectivity index (χ3n) is 6.37. The average molecular weight is 631 g/mol. The van der Waals surface area contributed by atoms with Crippen LogP contribution < -0.4 is 14.4 Å². The van der Waals surface area contributed by atoms with E-state index < -0.39 is 16.1 Å². The number of anilines is 1. The van der Waals surface area contributed by atoms with E-state index in [-0.39, 0.29) is 37.7 Å². The summed E-state index contributed by atoms with van der Waals surface area (Å²) < 4.78 is 32.9. The molecular formula is C30H36BrN3O5S. The first-order valence-electron chi connectivity index (χ1n) is 13.1. The summed E-state index contributed by atoms with van der Waals surface area (Å²) in [5.74, 6) is 0.159. The summed E-state index contributed by atoms with van der Waals surface area (Å²) in [6, 6.07) is 23.3. The number of carbonyl (C=O) groups excluding carboxylic acids is 2. The van der Waals surface area contributed by atoms with E-state index in [1.807, 2.05) is 61.5 Å². The van der Waals surface area contributed by atoms with E-state index >= 15 is 0 Å². The molecule has 0 unspecified atom stereocenters. The first-order chi connectivity index (χ1) is 19.1. The van der Waals surface area contributed by atoms with Gasteiger partial charge in [-0.05, 0) is 60.9 Å². The van der Waals surface area contributed by atoms with E-state index in [0.29, 0.717) is 24.5 Å². The number of halogens is 1. The lowest BCUT2D eigenvalue weighted by Crippen LogP contribution is -2.49. The molecule has 0 fully saturated rings. The second-order valence-corrected chi connectivity index (χ2v) is 12.2. The molecule has 214 valence electrons. The SMILES string of the molecule is CCOc1ccc(N(CCCC(=O)N(Cc2ccc(Br)cc2)[C@H](Cc2ccccc2)C(=O)NC)S(C)(=O)=O)cc1. The predicted molar refractivity (Wildman–Crippen MR) is 162 cm³/mol. The Kier molecular flexibility index (Phi) is 11.6. The molecule has 3 aromatic rings. The molecule has 0 radical (unpaired) electrons. The van der Waals surface area contributed by atoms with Crippen LogP contribution in [0.5, 0.6) is 5.75 Å². The van der Waals surface area contributed by atoms with Crippen LogP contribution in [-0.2, 0) is 32.6 Å². The molecule has 0 aliphatic carbocycles. The number of ether oxygens (including phenoxy) is 1. The lowest BCUT2D eigenvalue weighted by atomic mass is 10.0. The van der Waals surface area contributed by atoms with Gasteiger partial charge in [-0.1, -0.05) is 58.4 Å². The number of nitrogens with one attached hydrogen (secondary N) is 1. The van der Waals surface area contributed by atoms with Crippen LogP contribution in [0.25, 0.3) is 0 Å². The number of carbonyl (C=O) groups is 2. The Hall–Kier alpha value is -3.37. The van der Waals surface area contributed by atoms with E-state index in [2.05, 4.69) is 21.2 Å². The van der Waals surface area contributed by atoms with Crippen LogP contribution >= 0.6 is 15.9 Å². The molecule has 40 heavy (non-hydrogen) atoms. The van der Waals surface area contributed by atoms with Crippen molar-refractivity contribution in [3.63, 3.8) is 0 Å². The van der Waals surface area contributed by atoms with E-state index in [1.165, 1.54) is 4.31 Å². The first-order valence-corrected chi connectivity index (χ1v) is 15.8. The van der Waals surface area contributed by atoms with Gasteiger partial charge in [0.2, 0.25) is 21.8 Å². The monoisotopic (exact) mass is 629 g/mol. The third-order valence-corrected chi connectivity index (χ3v) is 8.09. The fourth-order valence-corrected chi connectivity index (χ4v) is 5.62. The lowest BCUT2D eigenvalue weighted by Gasteiger charge is -2.31. The van der Waals surface area contributed by atoms with Crippen LogP contribution in [0, 0.1) is 0 Å². The van der Waals surface area contributed by atoms with Crippen molar-refractivity contribution < 1.29 is 22.7 Å². The number of benzene rings is 3. The second kappa shape index (κ2) is 14.9. The summed E-state index contributed by atoms with van der Waals surface area (Å²) in [5.41, 5.74) is 2.31. The molecular weight excluding hydrogens is 594 g/mol. The zero-order valence-electron chi connectivity index (χ0n) is 23.0. The molecule has 0 heterocycles. The molecule has 1 atom stereocenters. The summed E-state index contributed by atoms with van der Waals surface area (Å²) in [6.07, 6.45) is 1.85. The van der Waals surface area contributed by atoms with E-state index in [9.17, 15) is 18.0 Å². The summed E-state index contributed by atoms with van der Waals surface area (Å²) >= 11 is 3.44. The number of likely N-dealkylation sites (N-methyl/N-ethyl adjacent to an activating group) is 1. The highest BCUT2D eigenvalue weighted by molar-refractivity contribution is 9.10. The third kappa shape index (κ3) is 9.09. The Morgan fingerprint density at radius 1 is 0.950 bits per heavy atom. The van der Waals surface area contributed by atoms with E-state index in [4.69, 9.17) is 4.74 Å². The molecule has 0 saturated carbocycles. The van der Waals surface area contributed by atoms with Crippen molar-refractivity contribution in [3.05, 3.63) is 94.5 Å². The molecule has 3 aromatic carbocycles. The standard InChI is InChI=1S/C30H36BrN3O5S/c1-4-39-27-18-16-26(17-19-27)34(40(3,37)38)20-8-11-29(35)33(22-24-12-14-25(31)15-13-24)28(30(36)32-2)21-23-9-6-5-7-10-23/h5-7,9-10,12-19,28H,4,8,11,20-22H2,1-3H3,(H,32,36)/t28-/m1/s1. The number of rotatable bonds is 14. The molecule has 0 aliphatic rings. The largest absolute Gasteiger partial charge is 0.494 e. The summed E-state index contributed by atoms with van der Waals surface area (Å²) in [6.45, 7) is 2.75. The topological polar surface area (TPSA) is 96.0 Å². The zero-order valence-corrected chi connectivity index (χ0v) is 25.4. The van der Waals surface area contributed by atoms with Crippen molar-refractivity contribution in [2.45, 2.75) is 38.8 Å². The van der Waals surface area contributed by atoms with Gasteiger partial charge in [0.25, 0.3) is 0 Å². The molecule has 8 nitrogen and oxygen atoms in total. The Bertz CT molecular complexity index is 1350. The van der Waals surface area contributed by atoms with Gasteiger partial charge in [0, 0.05) is 37.5 Å². The first kappa shape index (κ1) is 31.2. The van der Waals surface area contributed by atoms with Gasteiger partial charge in [-0.2, -0.15) is 0 Å². The molecule has 1 N–H and O–H groups in total. The molecule has 0 saturated heterocycles. The maximum absolute atomic E-state index is 13.7. The average Bonchev–Trinajstić information content (AvgIpc) is 2.94. The molecule has 2 amide bonds. The minimum Gasteiger partial charge on any atom is -0.494 e. The van der Waals surface area contributed by atoms with Crippen molar-refractivity contribution in [2.24, 2.45) is 0 Å². The van der Waals surface area contributed by atoms with Crippen LogP contribution in [0.3, 0.4) is 0 Å². The second-order valence-electron chi connectivity index (χ2n) is 9.33. The Balaban J connectivity index is 1.81. The lowest BCUT2D eigenvalue weighted by molar-refractivity contribution is -0.141. The molecule has 0 bridgehead atoms. The van der Waals surface area contributed by atoms with Crippen LogP contribution in [-0.4, -0.2) is 57.6 Å². The smallest absolute Gasteiger partial charge is 0.242 e. The van der Waals surface area contributed by atoms with Crippen molar-refractivity contribution in [1.82, 2.24) is 10.2 Å². The maximum atomic E-state index is 13.7. The fraction of sp³-hybridized carbons (Fsp3) is 0.333. The Morgan fingerprint density at radius 2 is 1.60 bits per heavy atom. The van der Waals surface area contributed by atoms with Gasteiger partial charge in [0.15, 0.2) is 0 Å².